The molecule has 0 aliphatic rings. The first kappa shape index (κ1) is 18.5. The monoisotopic (exact) mass is 386 g/mol. The number of carbonyl (C=O) groups excluding carboxylic acids is 1. The van der Waals surface area contributed by atoms with Crippen LogP contribution in [0.25, 0.3) is 22.1 Å². The van der Waals surface area contributed by atoms with Crippen molar-refractivity contribution >= 4 is 16.9 Å². The Hall–Kier alpha value is -3.86. The average Bonchev–Trinajstić information content (AvgIpc) is 2.74. The maximum atomic E-state index is 12.4. The molecule has 0 atom stereocenters. The topological polar surface area (TPSA) is 65.7 Å². The van der Waals surface area contributed by atoms with Crippen molar-refractivity contribution < 1.29 is 18.7 Å². The number of ether oxygens (including phenoxy) is 2. The Kier molecular flexibility index (Phi) is 5.12. The van der Waals surface area contributed by atoms with Crippen LogP contribution in [0.15, 0.2) is 88.1 Å². The fourth-order valence-corrected chi connectivity index (χ4v) is 3.24. The van der Waals surface area contributed by atoms with Crippen LogP contribution in [0.1, 0.15) is 5.56 Å². The van der Waals surface area contributed by atoms with Crippen LogP contribution >= 0.6 is 0 Å². The van der Waals surface area contributed by atoms with Crippen molar-refractivity contribution in [2.24, 2.45) is 0 Å². The van der Waals surface area contributed by atoms with Gasteiger partial charge < -0.3 is 13.9 Å². The minimum absolute atomic E-state index is 0.0655. The Labute approximate surface area is 167 Å². The summed E-state index contributed by atoms with van der Waals surface area (Å²) in [6, 6.07) is 23.3. The van der Waals surface area contributed by atoms with E-state index in [-0.39, 0.29) is 6.42 Å². The maximum Gasteiger partial charge on any atom is 0.336 e. The SMILES string of the molecule is COc1ccccc1CC(=O)Oc1ccc2c(-c3ccccc3)cc(=O)oc2c1. The standard InChI is InChI=1S/C24H18O5/c1-27-21-10-6-5-9-17(21)13-23(25)28-18-11-12-19-20(16-7-3-2-4-8-16)15-24(26)29-22(19)14-18/h2-12,14-15H,13H2,1H3. The van der Waals surface area contributed by atoms with Crippen molar-refractivity contribution in [1.82, 2.24) is 0 Å². The smallest absolute Gasteiger partial charge is 0.336 e. The molecule has 4 rings (SSSR count). The largest absolute Gasteiger partial charge is 0.496 e. The zero-order chi connectivity index (χ0) is 20.2. The molecule has 0 unspecified atom stereocenters. The maximum absolute atomic E-state index is 12.4. The molecule has 0 saturated carbocycles. The van der Waals surface area contributed by atoms with E-state index in [9.17, 15) is 9.59 Å². The van der Waals surface area contributed by atoms with Gasteiger partial charge in [-0.3, -0.25) is 4.79 Å². The molecule has 0 fully saturated rings. The summed E-state index contributed by atoms with van der Waals surface area (Å²) in [5.74, 6) is 0.502. The molecule has 0 aliphatic heterocycles. The van der Waals surface area contributed by atoms with E-state index in [0.717, 1.165) is 22.1 Å². The summed E-state index contributed by atoms with van der Waals surface area (Å²) in [6.45, 7) is 0. The average molecular weight is 386 g/mol. The summed E-state index contributed by atoms with van der Waals surface area (Å²) in [5.41, 5.74) is 2.31. The quantitative estimate of drug-likeness (QED) is 0.285. The lowest BCUT2D eigenvalue weighted by Gasteiger charge is -2.10. The van der Waals surface area contributed by atoms with Crippen LogP contribution in [-0.2, 0) is 11.2 Å². The van der Waals surface area contributed by atoms with Crippen molar-refractivity contribution in [3.05, 3.63) is 94.8 Å². The summed E-state index contributed by atoms with van der Waals surface area (Å²) in [6.07, 6.45) is 0.0655. The third-order valence-corrected chi connectivity index (χ3v) is 4.56. The molecule has 29 heavy (non-hydrogen) atoms. The van der Waals surface area contributed by atoms with Gasteiger partial charge in [-0.05, 0) is 29.3 Å². The van der Waals surface area contributed by atoms with Crippen molar-refractivity contribution in [3.8, 4) is 22.6 Å². The van der Waals surface area contributed by atoms with Gasteiger partial charge in [-0.25, -0.2) is 4.79 Å². The molecule has 1 heterocycles. The van der Waals surface area contributed by atoms with Crippen molar-refractivity contribution in [3.63, 3.8) is 0 Å². The van der Waals surface area contributed by atoms with E-state index in [1.807, 2.05) is 48.5 Å². The number of methoxy groups -OCH3 is 1. The number of fused-ring (bicyclic) bond motifs is 1. The Morgan fingerprint density at radius 2 is 1.69 bits per heavy atom. The lowest BCUT2D eigenvalue weighted by molar-refractivity contribution is -0.133. The molecule has 5 heteroatoms. The Balaban J connectivity index is 1.63. The van der Waals surface area contributed by atoms with Crippen molar-refractivity contribution in [1.29, 1.82) is 0 Å². The first-order chi connectivity index (χ1) is 14.1. The van der Waals surface area contributed by atoms with Gasteiger partial charge >= 0.3 is 11.6 Å². The number of para-hydroxylation sites is 1. The molecular weight excluding hydrogens is 368 g/mol. The lowest BCUT2D eigenvalue weighted by Crippen LogP contribution is -2.12. The van der Waals surface area contributed by atoms with Crippen molar-refractivity contribution in [2.75, 3.05) is 7.11 Å². The molecule has 0 radical (unpaired) electrons. The van der Waals surface area contributed by atoms with Crippen LogP contribution in [0.3, 0.4) is 0 Å². The zero-order valence-electron chi connectivity index (χ0n) is 15.8. The molecule has 5 nitrogen and oxygen atoms in total. The lowest BCUT2D eigenvalue weighted by atomic mass is 10.0. The van der Waals surface area contributed by atoms with Crippen LogP contribution < -0.4 is 15.1 Å². The highest BCUT2D eigenvalue weighted by atomic mass is 16.5. The zero-order valence-corrected chi connectivity index (χ0v) is 15.8. The highest BCUT2D eigenvalue weighted by Crippen LogP contribution is 2.29. The van der Waals surface area contributed by atoms with Gasteiger partial charge in [0.2, 0.25) is 0 Å². The summed E-state index contributed by atoms with van der Waals surface area (Å²) in [7, 11) is 1.56. The fourth-order valence-electron chi connectivity index (χ4n) is 3.24. The molecule has 0 N–H and O–H groups in total. The Morgan fingerprint density at radius 1 is 0.931 bits per heavy atom. The van der Waals surface area contributed by atoms with Crippen LogP contribution in [0.4, 0.5) is 0 Å². The highest BCUT2D eigenvalue weighted by molar-refractivity contribution is 5.94. The number of benzene rings is 3. The molecule has 144 valence electrons. The third-order valence-electron chi connectivity index (χ3n) is 4.56. The van der Waals surface area contributed by atoms with Crippen molar-refractivity contribution in [2.45, 2.75) is 6.42 Å². The van der Waals surface area contributed by atoms with E-state index < -0.39 is 11.6 Å². The second-order valence-corrected chi connectivity index (χ2v) is 6.47. The molecule has 3 aromatic carbocycles. The summed E-state index contributed by atoms with van der Waals surface area (Å²) in [5, 5.41) is 0.764. The first-order valence-electron chi connectivity index (χ1n) is 9.10. The molecule has 0 aliphatic carbocycles. The van der Waals surface area contributed by atoms with Crippen LogP contribution in [0, 0.1) is 0 Å². The minimum Gasteiger partial charge on any atom is -0.496 e. The van der Waals surface area contributed by atoms with Gasteiger partial charge in [-0.15, -0.1) is 0 Å². The molecular formula is C24H18O5. The Morgan fingerprint density at radius 3 is 2.48 bits per heavy atom. The summed E-state index contributed by atoms with van der Waals surface area (Å²) in [4.78, 5) is 24.4. The highest BCUT2D eigenvalue weighted by Gasteiger charge is 2.13. The third kappa shape index (κ3) is 4.04. The van der Waals surface area contributed by atoms with E-state index in [4.69, 9.17) is 13.9 Å². The van der Waals surface area contributed by atoms with Gasteiger partial charge in [-0.1, -0.05) is 48.5 Å². The molecule has 0 amide bonds. The minimum atomic E-state index is -0.464. The number of hydrogen-bond donors (Lipinski definition) is 0. The number of hydrogen-bond acceptors (Lipinski definition) is 5. The molecule has 0 spiro atoms. The van der Waals surface area contributed by atoms with E-state index in [1.54, 1.807) is 31.4 Å². The predicted molar refractivity (Wildman–Crippen MR) is 110 cm³/mol. The van der Waals surface area contributed by atoms with Gasteiger partial charge in [0.25, 0.3) is 0 Å². The summed E-state index contributed by atoms with van der Waals surface area (Å²) >= 11 is 0. The predicted octanol–water partition coefficient (Wildman–Crippen LogP) is 4.62. The van der Waals surface area contributed by atoms with Gasteiger partial charge in [0.05, 0.1) is 13.5 Å². The van der Waals surface area contributed by atoms with Gasteiger partial charge in [0, 0.05) is 23.1 Å². The van der Waals surface area contributed by atoms with E-state index in [1.165, 1.54) is 6.07 Å². The number of rotatable bonds is 5. The fraction of sp³-hybridized carbons (Fsp3) is 0.0833. The van der Waals surface area contributed by atoms with Crippen LogP contribution in [0.2, 0.25) is 0 Å². The number of carbonyl (C=O) groups is 1. The van der Waals surface area contributed by atoms with Crippen LogP contribution in [-0.4, -0.2) is 13.1 Å². The van der Waals surface area contributed by atoms with E-state index in [0.29, 0.717) is 17.1 Å². The molecule has 0 saturated heterocycles. The van der Waals surface area contributed by atoms with Crippen LogP contribution in [0.5, 0.6) is 11.5 Å². The van der Waals surface area contributed by atoms with E-state index in [2.05, 4.69) is 0 Å². The van der Waals surface area contributed by atoms with Gasteiger partial charge in [-0.2, -0.15) is 0 Å². The molecule has 4 aromatic rings. The number of esters is 1. The summed E-state index contributed by atoms with van der Waals surface area (Å²) < 4.78 is 16.1. The second kappa shape index (κ2) is 8.02. The second-order valence-electron chi connectivity index (χ2n) is 6.47. The molecule has 0 bridgehead atoms. The molecule has 1 aromatic heterocycles. The first-order valence-corrected chi connectivity index (χ1v) is 9.10. The normalized spacial score (nSPS) is 10.7. The van der Waals surface area contributed by atoms with Gasteiger partial charge in [0.1, 0.15) is 17.1 Å². The Bertz CT molecular complexity index is 1220. The van der Waals surface area contributed by atoms with Gasteiger partial charge in [0.15, 0.2) is 0 Å². The van der Waals surface area contributed by atoms with E-state index >= 15 is 0 Å².